The second-order valence-corrected chi connectivity index (χ2v) is 2.38. The fourth-order valence-electron chi connectivity index (χ4n) is 0.967. The maximum absolute atomic E-state index is 10.4. The van der Waals surface area contributed by atoms with Crippen molar-refractivity contribution in [2.75, 3.05) is 12.5 Å². The van der Waals surface area contributed by atoms with Crippen LogP contribution in [0.15, 0.2) is 18.2 Å². The van der Waals surface area contributed by atoms with E-state index in [1.807, 2.05) is 0 Å². The first-order chi connectivity index (χ1) is 6.69. The largest absolute Gasteiger partial charge is 0.496 e. The van der Waals surface area contributed by atoms with E-state index in [9.17, 15) is 10.1 Å². The number of hydrogen-bond donors (Lipinski definition) is 2. The van der Waals surface area contributed by atoms with E-state index in [2.05, 4.69) is 5.43 Å². The van der Waals surface area contributed by atoms with Crippen molar-refractivity contribution >= 4 is 11.4 Å². The molecule has 0 bridgehead atoms. The van der Waals surface area contributed by atoms with E-state index in [-0.39, 0.29) is 11.4 Å². The van der Waals surface area contributed by atoms with Crippen molar-refractivity contribution in [1.82, 2.24) is 0 Å². The molecule has 0 aliphatic carbocycles. The van der Waals surface area contributed by atoms with Crippen LogP contribution in [0.2, 0.25) is 0 Å². The third-order valence-corrected chi connectivity index (χ3v) is 1.58. The highest BCUT2D eigenvalue weighted by Gasteiger charge is 2.09. The summed E-state index contributed by atoms with van der Waals surface area (Å²) in [5.74, 6) is 0.386. The zero-order chi connectivity index (χ0) is 10.6. The van der Waals surface area contributed by atoms with E-state index in [0.29, 0.717) is 5.75 Å². The van der Waals surface area contributed by atoms with Gasteiger partial charge in [-0.25, -0.2) is 0 Å². The molecule has 0 saturated carbocycles. The van der Waals surface area contributed by atoms with Crippen molar-refractivity contribution < 1.29 is 14.9 Å². The van der Waals surface area contributed by atoms with Gasteiger partial charge >= 0.3 is 0 Å². The Balaban J connectivity index is 3.13. The Morgan fingerprint density at radius 1 is 1.64 bits per heavy atom. The Kier molecular flexibility index (Phi) is 2.95. The van der Waals surface area contributed by atoms with Crippen LogP contribution in [0.3, 0.4) is 0 Å². The molecule has 0 atom stereocenters. The molecule has 0 saturated heterocycles. The highest BCUT2D eigenvalue weighted by molar-refractivity contribution is 5.59. The van der Waals surface area contributed by atoms with Crippen molar-refractivity contribution in [3.05, 3.63) is 33.8 Å². The summed E-state index contributed by atoms with van der Waals surface area (Å²) >= 11 is 0. The third kappa shape index (κ3) is 1.94. The summed E-state index contributed by atoms with van der Waals surface area (Å²) in [4.78, 5) is 9.87. The van der Waals surface area contributed by atoms with Crippen LogP contribution in [0, 0.1) is 10.1 Å². The van der Waals surface area contributed by atoms with Crippen LogP contribution in [0.25, 0.3) is 5.53 Å². The summed E-state index contributed by atoms with van der Waals surface area (Å²) in [7, 11) is 1.42. The normalized spacial score (nSPS) is 9.21. The number of rotatable bonds is 4. The summed E-state index contributed by atoms with van der Waals surface area (Å²) in [5, 5.41) is 12.1. The molecule has 74 valence electrons. The maximum atomic E-state index is 10.4. The first kappa shape index (κ1) is 9.90. The molecule has 2 N–H and O–H groups in total. The number of non-ortho nitro benzene ring substituents is 1. The zero-order valence-corrected chi connectivity index (χ0v) is 7.35. The summed E-state index contributed by atoms with van der Waals surface area (Å²) in [6.07, 6.45) is 0. The van der Waals surface area contributed by atoms with Crippen LogP contribution >= 0.6 is 0 Å². The van der Waals surface area contributed by atoms with Crippen LogP contribution in [0.1, 0.15) is 0 Å². The minimum atomic E-state index is -0.540. The van der Waals surface area contributed by atoms with Gasteiger partial charge in [0, 0.05) is 12.1 Å². The van der Waals surface area contributed by atoms with Gasteiger partial charge in [-0.3, -0.25) is 15.5 Å². The van der Waals surface area contributed by atoms with E-state index >= 15 is 0 Å². The molecule has 0 aliphatic rings. The van der Waals surface area contributed by atoms with Gasteiger partial charge in [0.1, 0.15) is 5.75 Å². The lowest BCUT2D eigenvalue weighted by atomic mass is 10.2. The highest BCUT2D eigenvalue weighted by Crippen LogP contribution is 2.27. The van der Waals surface area contributed by atoms with Crippen molar-refractivity contribution in [3.8, 4) is 5.75 Å². The van der Waals surface area contributed by atoms with E-state index in [4.69, 9.17) is 10.3 Å². The molecular formula is C7H8N4O3. The Hall–Kier alpha value is -2.18. The topological polar surface area (TPSA) is 101 Å². The number of nitro groups is 1. The van der Waals surface area contributed by atoms with Crippen LogP contribution in [0.4, 0.5) is 11.4 Å². The first-order valence-corrected chi connectivity index (χ1v) is 3.66. The number of anilines is 1. The van der Waals surface area contributed by atoms with Gasteiger partial charge in [-0.2, -0.15) is 10.8 Å². The number of nitrogens with one attached hydrogen (secondary N) is 2. The van der Waals surface area contributed by atoms with E-state index < -0.39 is 4.92 Å². The first-order valence-electron chi connectivity index (χ1n) is 3.66. The van der Waals surface area contributed by atoms with E-state index in [1.165, 1.54) is 25.3 Å². The Morgan fingerprint density at radius 2 is 2.36 bits per heavy atom. The average molecular weight is 196 g/mol. The smallest absolute Gasteiger partial charge is 0.270 e. The molecule has 1 aromatic rings. The van der Waals surface area contributed by atoms with E-state index in [1.54, 1.807) is 5.22 Å². The monoisotopic (exact) mass is 196 g/mol. The lowest BCUT2D eigenvalue weighted by Gasteiger charge is -2.07. The number of nitrogens with zero attached hydrogens (tertiary/aromatic N) is 2. The van der Waals surface area contributed by atoms with Crippen LogP contribution in [-0.4, -0.2) is 12.0 Å². The van der Waals surface area contributed by atoms with Gasteiger partial charge in [-0.15, -0.1) is 0 Å². The quantitative estimate of drug-likeness (QED) is 0.403. The van der Waals surface area contributed by atoms with Crippen molar-refractivity contribution in [2.45, 2.75) is 0 Å². The SMILES string of the molecule is COc1ccc([N+](=O)[O-])cc1N[NH+]=[N-]. The lowest BCUT2D eigenvalue weighted by Crippen LogP contribution is -2.68. The van der Waals surface area contributed by atoms with Gasteiger partial charge in [-0.05, 0) is 6.07 Å². The van der Waals surface area contributed by atoms with Gasteiger partial charge in [0.25, 0.3) is 5.69 Å². The summed E-state index contributed by atoms with van der Waals surface area (Å²) in [5.41, 5.74) is 10.9. The third-order valence-electron chi connectivity index (χ3n) is 1.58. The molecule has 0 fully saturated rings. The fourth-order valence-corrected chi connectivity index (χ4v) is 0.967. The Labute approximate surface area is 79.3 Å². The predicted octanol–water partition coefficient (Wildman–Crippen LogP) is 0.0325. The molecule has 7 heteroatoms. The molecule has 0 heterocycles. The molecule has 0 spiro atoms. The number of benzene rings is 1. The summed E-state index contributed by atoms with van der Waals surface area (Å²) in [6.45, 7) is 0. The van der Waals surface area contributed by atoms with Crippen molar-refractivity contribution in [3.63, 3.8) is 0 Å². The average Bonchev–Trinajstić information content (AvgIpc) is 2.18. The molecular weight excluding hydrogens is 188 g/mol. The molecule has 0 radical (unpaired) electrons. The Bertz CT molecular complexity index is 366. The number of nitro benzene ring substituents is 1. The molecule has 1 aromatic carbocycles. The van der Waals surface area contributed by atoms with Crippen LogP contribution < -0.4 is 15.4 Å². The standard InChI is InChI=1S/C7H8N4O3/c1-14-7-3-2-5(11(12)13)4-6(7)9-10-8/h2-4,10H,1H3,(H-,8,9). The molecule has 0 aromatic heterocycles. The molecule has 0 amide bonds. The second-order valence-electron chi connectivity index (χ2n) is 2.38. The number of ether oxygens (including phenoxy) is 1. The fraction of sp³-hybridized carbons (Fsp3) is 0.143. The van der Waals surface area contributed by atoms with Crippen LogP contribution in [-0.2, 0) is 0 Å². The van der Waals surface area contributed by atoms with Gasteiger partial charge in [-0.1, -0.05) is 0 Å². The summed E-state index contributed by atoms with van der Waals surface area (Å²) < 4.78 is 4.90. The second kappa shape index (κ2) is 4.17. The number of hydrazine groups is 1. The van der Waals surface area contributed by atoms with Crippen LogP contribution in [0.5, 0.6) is 5.75 Å². The number of methoxy groups -OCH3 is 1. The minimum absolute atomic E-state index is 0.0939. The summed E-state index contributed by atoms with van der Waals surface area (Å²) in [6, 6.07) is 3.97. The minimum Gasteiger partial charge on any atom is -0.496 e. The Morgan fingerprint density at radius 3 is 2.86 bits per heavy atom. The predicted molar refractivity (Wildman–Crippen MR) is 47.6 cm³/mol. The van der Waals surface area contributed by atoms with Gasteiger partial charge < -0.3 is 4.74 Å². The van der Waals surface area contributed by atoms with Gasteiger partial charge in [0.15, 0.2) is 0 Å². The van der Waals surface area contributed by atoms with Gasteiger partial charge in [0.05, 0.1) is 17.7 Å². The van der Waals surface area contributed by atoms with Crippen molar-refractivity contribution in [2.24, 2.45) is 0 Å². The number of hydrogen-bond acceptors (Lipinski definition) is 3. The molecule has 1 rings (SSSR count). The molecule has 7 nitrogen and oxygen atoms in total. The lowest BCUT2D eigenvalue weighted by molar-refractivity contribution is -0.444. The maximum Gasteiger partial charge on any atom is 0.270 e. The van der Waals surface area contributed by atoms with Gasteiger partial charge in [0.2, 0.25) is 0 Å². The molecule has 0 aliphatic heterocycles. The molecule has 14 heavy (non-hydrogen) atoms. The van der Waals surface area contributed by atoms with Crippen molar-refractivity contribution in [1.29, 1.82) is 0 Å². The molecule has 0 unspecified atom stereocenters. The highest BCUT2D eigenvalue weighted by atomic mass is 16.6. The van der Waals surface area contributed by atoms with E-state index in [0.717, 1.165) is 0 Å². The zero-order valence-electron chi connectivity index (χ0n) is 7.35.